The molecule has 1 saturated heterocycles. The molecule has 6 nitrogen and oxygen atoms in total. The number of rotatable bonds is 3. The van der Waals surface area contributed by atoms with Crippen LogP contribution in [0.5, 0.6) is 5.88 Å². The van der Waals surface area contributed by atoms with Gasteiger partial charge in [0, 0.05) is 30.9 Å². The Hall–Kier alpha value is -2.47. The Morgan fingerprint density at radius 3 is 3.04 bits per heavy atom. The first-order chi connectivity index (χ1) is 11.2. The largest absolute Gasteiger partial charge is 0.472 e. The Kier molecular flexibility index (Phi) is 3.46. The first-order valence-corrected chi connectivity index (χ1v) is 7.83. The molecular formula is C16H16ClN5O. The number of aromatic nitrogens is 3. The van der Waals surface area contributed by atoms with Crippen molar-refractivity contribution in [3.8, 4) is 5.88 Å². The highest BCUT2D eigenvalue weighted by Gasteiger charge is 2.26. The van der Waals surface area contributed by atoms with Crippen LogP contribution < -0.4 is 15.4 Å². The van der Waals surface area contributed by atoms with E-state index in [9.17, 15) is 0 Å². The summed E-state index contributed by atoms with van der Waals surface area (Å²) in [4.78, 5) is 14.3. The molecule has 118 valence electrons. The van der Waals surface area contributed by atoms with Crippen molar-refractivity contribution in [1.29, 1.82) is 0 Å². The van der Waals surface area contributed by atoms with Crippen LogP contribution in [0.3, 0.4) is 0 Å². The van der Waals surface area contributed by atoms with E-state index in [1.54, 1.807) is 18.3 Å². The lowest BCUT2D eigenvalue weighted by atomic mass is 10.3. The Bertz CT molecular complexity index is 832. The molecule has 3 heterocycles. The van der Waals surface area contributed by atoms with Crippen molar-refractivity contribution in [2.45, 2.75) is 12.5 Å². The Balaban J connectivity index is 1.47. The second-order valence-corrected chi connectivity index (χ2v) is 6.06. The van der Waals surface area contributed by atoms with E-state index in [-0.39, 0.29) is 6.10 Å². The van der Waals surface area contributed by atoms with Gasteiger partial charge in [-0.3, -0.25) is 0 Å². The smallest absolute Gasteiger partial charge is 0.213 e. The summed E-state index contributed by atoms with van der Waals surface area (Å²) in [6, 6.07) is 9.24. The third kappa shape index (κ3) is 2.90. The van der Waals surface area contributed by atoms with Gasteiger partial charge in [-0.1, -0.05) is 11.6 Å². The summed E-state index contributed by atoms with van der Waals surface area (Å²) in [7, 11) is 0. The maximum absolute atomic E-state index is 5.90. The van der Waals surface area contributed by atoms with Gasteiger partial charge in [0.1, 0.15) is 6.10 Å². The number of imidazole rings is 1. The monoisotopic (exact) mass is 329 g/mol. The fourth-order valence-corrected chi connectivity index (χ4v) is 2.89. The minimum absolute atomic E-state index is 0.0851. The van der Waals surface area contributed by atoms with Crippen molar-refractivity contribution < 1.29 is 4.74 Å². The number of nitrogens with zero attached hydrogens (tertiary/aromatic N) is 3. The van der Waals surface area contributed by atoms with Crippen LogP contribution >= 0.6 is 11.6 Å². The fraction of sp³-hybridized carbons (Fsp3) is 0.250. The zero-order valence-corrected chi connectivity index (χ0v) is 13.1. The molecule has 1 aromatic carbocycles. The molecular weight excluding hydrogens is 314 g/mol. The number of anilines is 2. The second kappa shape index (κ2) is 5.62. The summed E-state index contributed by atoms with van der Waals surface area (Å²) in [5.41, 5.74) is 8.40. The van der Waals surface area contributed by atoms with Crippen LogP contribution in [0, 0.1) is 0 Å². The lowest BCUT2D eigenvalue weighted by molar-refractivity contribution is 0.216. The van der Waals surface area contributed by atoms with Crippen LogP contribution in [-0.4, -0.2) is 34.1 Å². The Labute approximate surface area is 138 Å². The van der Waals surface area contributed by atoms with Crippen molar-refractivity contribution in [2.75, 3.05) is 23.7 Å². The molecule has 0 radical (unpaired) electrons. The molecule has 2 aromatic heterocycles. The van der Waals surface area contributed by atoms with Crippen molar-refractivity contribution in [1.82, 2.24) is 15.0 Å². The number of hydrogen-bond donors (Lipinski definition) is 2. The average molecular weight is 330 g/mol. The normalized spacial score (nSPS) is 17.8. The molecule has 1 fully saturated rings. The third-order valence-corrected chi connectivity index (χ3v) is 4.15. The number of H-pyrrole nitrogens is 1. The predicted octanol–water partition coefficient (Wildman–Crippen LogP) is 2.85. The Morgan fingerprint density at radius 1 is 1.30 bits per heavy atom. The van der Waals surface area contributed by atoms with Gasteiger partial charge in [0.2, 0.25) is 11.8 Å². The maximum Gasteiger partial charge on any atom is 0.213 e. The topological polar surface area (TPSA) is 80.1 Å². The highest BCUT2D eigenvalue weighted by Crippen LogP contribution is 2.24. The van der Waals surface area contributed by atoms with Gasteiger partial charge in [0.05, 0.1) is 22.6 Å². The zero-order chi connectivity index (χ0) is 15.8. The quantitative estimate of drug-likeness (QED) is 0.722. The van der Waals surface area contributed by atoms with E-state index in [1.165, 1.54) is 0 Å². The summed E-state index contributed by atoms with van der Waals surface area (Å²) in [6.45, 7) is 1.65. The van der Waals surface area contributed by atoms with E-state index < -0.39 is 0 Å². The number of benzene rings is 1. The average Bonchev–Trinajstić information content (AvgIpc) is 3.15. The summed E-state index contributed by atoms with van der Waals surface area (Å²) in [6.07, 6.45) is 2.60. The lowest BCUT2D eigenvalue weighted by Gasteiger charge is -2.15. The minimum atomic E-state index is 0.0851. The predicted molar refractivity (Wildman–Crippen MR) is 91.0 cm³/mol. The zero-order valence-electron chi connectivity index (χ0n) is 12.4. The number of hydrogen-bond acceptors (Lipinski definition) is 5. The van der Waals surface area contributed by atoms with Gasteiger partial charge in [-0.05, 0) is 24.3 Å². The van der Waals surface area contributed by atoms with Gasteiger partial charge in [0.15, 0.2) is 0 Å². The van der Waals surface area contributed by atoms with E-state index in [2.05, 4.69) is 19.9 Å². The molecule has 0 saturated carbocycles. The SMILES string of the molecule is Nc1ccc2nc(N3CCC(Oc4ccc(Cl)cn4)C3)[nH]c2c1. The summed E-state index contributed by atoms with van der Waals surface area (Å²) in [5, 5.41) is 0.604. The van der Waals surface area contributed by atoms with Crippen LogP contribution in [-0.2, 0) is 0 Å². The molecule has 3 aromatic rings. The Morgan fingerprint density at radius 2 is 2.22 bits per heavy atom. The standard InChI is InChI=1S/C16H16ClN5O/c17-10-1-4-15(19-8-10)23-12-5-6-22(9-12)16-20-13-3-2-11(18)7-14(13)21-16/h1-4,7-8,12H,5-6,9,18H2,(H,20,21). The van der Waals surface area contributed by atoms with Gasteiger partial charge >= 0.3 is 0 Å². The number of ether oxygens (including phenoxy) is 1. The molecule has 1 aliphatic rings. The maximum atomic E-state index is 5.90. The van der Waals surface area contributed by atoms with Gasteiger partial charge in [-0.25, -0.2) is 9.97 Å². The molecule has 0 amide bonds. The van der Waals surface area contributed by atoms with Crippen molar-refractivity contribution >= 4 is 34.3 Å². The summed E-state index contributed by atoms with van der Waals surface area (Å²) < 4.78 is 5.90. The van der Waals surface area contributed by atoms with Crippen LogP contribution in [0.2, 0.25) is 5.02 Å². The molecule has 1 aliphatic heterocycles. The van der Waals surface area contributed by atoms with Crippen molar-refractivity contribution in [3.05, 3.63) is 41.6 Å². The van der Waals surface area contributed by atoms with Crippen molar-refractivity contribution in [2.24, 2.45) is 0 Å². The first kappa shape index (κ1) is 14.1. The molecule has 23 heavy (non-hydrogen) atoms. The number of nitrogen functional groups attached to an aromatic ring is 1. The van der Waals surface area contributed by atoms with E-state index in [0.29, 0.717) is 10.9 Å². The molecule has 7 heteroatoms. The highest BCUT2D eigenvalue weighted by molar-refractivity contribution is 6.30. The van der Waals surface area contributed by atoms with E-state index in [0.717, 1.165) is 42.2 Å². The summed E-state index contributed by atoms with van der Waals surface area (Å²) in [5.74, 6) is 1.44. The number of nitrogens with one attached hydrogen (secondary N) is 1. The van der Waals surface area contributed by atoms with Crippen LogP contribution in [0.25, 0.3) is 11.0 Å². The van der Waals surface area contributed by atoms with E-state index in [1.807, 2.05) is 18.2 Å². The molecule has 1 atom stereocenters. The van der Waals surface area contributed by atoms with Gasteiger partial charge in [-0.15, -0.1) is 0 Å². The molecule has 4 rings (SSSR count). The molecule has 0 bridgehead atoms. The van der Waals surface area contributed by atoms with Crippen LogP contribution in [0.4, 0.5) is 11.6 Å². The van der Waals surface area contributed by atoms with Crippen LogP contribution in [0.1, 0.15) is 6.42 Å². The fourth-order valence-electron chi connectivity index (χ4n) is 2.78. The summed E-state index contributed by atoms with van der Waals surface area (Å²) >= 11 is 5.83. The number of nitrogens with two attached hydrogens (primary N) is 1. The first-order valence-electron chi connectivity index (χ1n) is 7.46. The third-order valence-electron chi connectivity index (χ3n) is 3.93. The van der Waals surface area contributed by atoms with Gasteiger partial charge in [0.25, 0.3) is 0 Å². The number of halogens is 1. The van der Waals surface area contributed by atoms with E-state index >= 15 is 0 Å². The van der Waals surface area contributed by atoms with Gasteiger partial charge in [-0.2, -0.15) is 0 Å². The second-order valence-electron chi connectivity index (χ2n) is 5.63. The number of aromatic amines is 1. The molecule has 0 spiro atoms. The number of fused-ring (bicyclic) bond motifs is 1. The number of pyridine rings is 1. The minimum Gasteiger partial charge on any atom is -0.472 e. The highest BCUT2D eigenvalue weighted by atomic mass is 35.5. The molecule has 1 unspecified atom stereocenters. The van der Waals surface area contributed by atoms with Crippen LogP contribution in [0.15, 0.2) is 36.5 Å². The van der Waals surface area contributed by atoms with E-state index in [4.69, 9.17) is 22.1 Å². The van der Waals surface area contributed by atoms with Crippen molar-refractivity contribution in [3.63, 3.8) is 0 Å². The lowest BCUT2D eigenvalue weighted by Crippen LogP contribution is -2.25. The molecule has 0 aliphatic carbocycles. The molecule has 3 N–H and O–H groups in total. The van der Waals surface area contributed by atoms with Gasteiger partial charge < -0.3 is 20.4 Å².